The van der Waals surface area contributed by atoms with E-state index >= 15 is 0 Å². The molecule has 0 aromatic carbocycles. The predicted octanol–water partition coefficient (Wildman–Crippen LogP) is 1.72. The SMILES string of the molecule is C[C@@H]1[C@H](C(=O)O)CCCN1S(=O)(=O)c1cncc(Br)c1. The van der Waals surface area contributed by atoms with Crippen molar-refractivity contribution in [2.24, 2.45) is 5.92 Å². The largest absolute Gasteiger partial charge is 0.481 e. The van der Waals surface area contributed by atoms with Crippen molar-refractivity contribution in [3.63, 3.8) is 0 Å². The van der Waals surface area contributed by atoms with Gasteiger partial charge in [-0.3, -0.25) is 9.78 Å². The van der Waals surface area contributed by atoms with E-state index in [1.54, 1.807) is 6.92 Å². The molecule has 1 fully saturated rings. The average Bonchev–Trinajstić information content (AvgIpc) is 2.38. The molecule has 0 spiro atoms. The second kappa shape index (κ2) is 5.79. The highest BCUT2D eigenvalue weighted by Gasteiger charge is 2.39. The summed E-state index contributed by atoms with van der Waals surface area (Å²) >= 11 is 3.19. The van der Waals surface area contributed by atoms with Gasteiger partial charge in [0.2, 0.25) is 10.0 Å². The molecule has 1 aromatic heterocycles. The van der Waals surface area contributed by atoms with Gasteiger partial charge in [-0.1, -0.05) is 0 Å². The molecule has 20 heavy (non-hydrogen) atoms. The second-order valence-electron chi connectivity index (χ2n) is 4.78. The standard InChI is InChI=1S/C12H15BrN2O4S/c1-8-11(12(16)17)3-2-4-15(8)20(18,19)10-5-9(13)6-14-7-10/h5-8,11H,2-4H2,1H3,(H,16,17)/t8-,11-/m1/s1. The summed E-state index contributed by atoms with van der Waals surface area (Å²) in [5, 5.41) is 9.17. The Morgan fingerprint density at radius 2 is 2.20 bits per heavy atom. The van der Waals surface area contributed by atoms with E-state index < -0.39 is 28.0 Å². The molecule has 1 aliphatic heterocycles. The lowest BCUT2D eigenvalue weighted by Crippen LogP contribution is -2.49. The van der Waals surface area contributed by atoms with Crippen molar-refractivity contribution in [1.82, 2.24) is 9.29 Å². The van der Waals surface area contributed by atoms with E-state index in [1.165, 1.54) is 22.8 Å². The van der Waals surface area contributed by atoms with Crippen LogP contribution < -0.4 is 0 Å². The summed E-state index contributed by atoms with van der Waals surface area (Å²) in [6.07, 6.45) is 3.82. The molecule has 8 heteroatoms. The van der Waals surface area contributed by atoms with E-state index in [4.69, 9.17) is 5.11 Å². The molecule has 1 aliphatic rings. The van der Waals surface area contributed by atoms with Crippen molar-refractivity contribution in [1.29, 1.82) is 0 Å². The Morgan fingerprint density at radius 1 is 1.50 bits per heavy atom. The number of hydrogen-bond acceptors (Lipinski definition) is 4. The number of aromatic nitrogens is 1. The number of carboxylic acid groups (broad SMARTS) is 1. The Hall–Kier alpha value is -0.990. The minimum Gasteiger partial charge on any atom is -0.481 e. The van der Waals surface area contributed by atoms with E-state index in [2.05, 4.69) is 20.9 Å². The molecule has 0 bridgehead atoms. The van der Waals surface area contributed by atoms with E-state index in [0.717, 1.165) is 0 Å². The lowest BCUT2D eigenvalue weighted by Gasteiger charge is -2.36. The number of carboxylic acids is 1. The van der Waals surface area contributed by atoms with E-state index in [1.807, 2.05) is 0 Å². The van der Waals surface area contributed by atoms with Crippen LogP contribution in [0.15, 0.2) is 27.8 Å². The number of halogens is 1. The van der Waals surface area contributed by atoms with Crippen LogP contribution in [-0.4, -0.2) is 41.4 Å². The molecule has 2 atom stereocenters. The molecule has 0 aliphatic carbocycles. The number of aliphatic carboxylic acids is 1. The van der Waals surface area contributed by atoms with Gasteiger partial charge >= 0.3 is 5.97 Å². The molecule has 0 radical (unpaired) electrons. The van der Waals surface area contributed by atoms with E-state index in [9.17, 15) is 13.2 Å². The molecule has 2 heterocycles. The third-order valence-corrected chi connectivity index (χ3v) is 5.92. The van der Waals surface area contributed by atoms with Crippen LogP contribution in [0.5, 0.6) is 0 Å². The highest BCUT2D eigenvalue weighted by Crippen LogP contribution is 2.29. The predicted molar refractivity (Wildman–Crippen MR) is 75.7 cm³/mol. The zero-order valence-corrected chi connectivity index (χ0v) is 13.3. The number of nitrogens with zero attached hydrogens (tertiary/aromatic N) is 2. The van der Waals surface area contributed by atoms with Crippen LogP contribution in [0, 0.1) is 5.92 Å². The van der Waals surface area contributed by atoms with Gasteiger partial charge in [-0.15, -0.1) is 0 Å². The summed E-state index contributed by atoms with van der Waals surface area (Å²) in [5.41, 5.74) is 0. The van der Waals surface area contributed by atoms with Gasteiger partial charge in [-0.2, -0.15) is 4.31 Å². The number of carbonyl (C=O) groups is 1. The van der Waals surface area contributed by atoms with Crippen LogP contribution in [-0.2, 0) is 14.8 Å². The zero-order valence-electron chi connectivity index (χ0n) is 10.9. The minimum atomic E-state index is -3.72. The fourth-order valence-electron chi connectivity index (χ4n) is 2.45. The van der Waals surface area contributed by atoms with Crippen molar-refractivity contribution in [3.05, 3.63) is 22.9 Å². The fraction of sp³-hybridized carbons (Fsp3) is 0.500. The number of sulfonamides is 1. The normalized spacial score (nSPS) is 24.5. The first-order valence-electron chi connectivity index (χ1n) is 6.19. The highest BCUT2D eigenvalue weighted by atomic mass is 79.9. The molecular weight excluding hydrogens is 348 g/mol. The summed E-state index contributed by atoms with van der Waals surface area (Å²) in [4.78, 5) is 15.1. The summed E-state index contributed by atoms with van der Waals surface area (Å²) in [7, 11) is -3.72. The number of hydrogen-bond donors (Lipinski definition) is 1. The third kappa shape index (κ3) is 2.87. The molecule has 6 nitrogen and oxygen atoms in total. The van der Waals surface area contributed by atoms with Crippen LogP contribution in [0.25, 0.3) is 0 Å². The smallest absolute Gasteiger partial charge is 0.308 e. The third-order valence-electron chi connectivity index (χ3n) is 3.53. The number of piperidine rings is 1. The van der Waals surface area contributed by atoms with Gasteiger partial charge in [0.05, 0.1) is 5.92 Å². The van der Waals surface area contributed by atoms with Gasteiger partial charge < -0.3 is 5.11 Å². The monoisotopic (exact) mass is 362 g/mol. The molecule has 110 valence electrons. The van der Waals surface area contributed by atoms with Crippen molar-refractivity contribution >= 4 is 31.9 Å². The summed E-state index contributed by atoms with van der Waals surface area (Å²) in [6.45, 7) is 1.97. The quantitative estimate of drug-likeness (QED) is 0.884. The van der Waals surface area contributed by atoms with E-state index in [-0.39, 0.29) is 4.90 Å². The Kier molecular flexibility index (Phi) is 4.46. The first-order chi connectivity index (χ1) is 9.34. The number of rotatable bonds is 3. The molecule has 0 amide bonds. The van der Waals surface area contributed by atoms with E-state index in [0.29, 0.717) is 23.9 Å². The Bertz CT molecular complexity index is 620. The Balaban J connectivity index is 2.36. The minimum absolute atomic E-state index is 0.0739. The van der Waals surface area contributed by atoms with Gasteiger partial charge in [-0.25, -0.2) is 8.42 Å². The Labute approximate surface area is 126 Å². The lowest BCUT2D eigenvalue weighted by atomic mass is 9.92. The lowest BCUT2D eigenvalue weighted by molar-refractivity contribution is -0.144. The topological polar surface area (TPSA) is 87.6 Å². The maximum atomic E-state index is 12.6. The van der Waals surface area contributed by atoms with Crippen LogP contribution in [0.3, 0.4) is 0 Å². The summed E-state index contributed by atoms with van der Waals surface area (Å²) < 4.78 is 27.0. The van der Waals surface area contributed by atoms with Gasteiger partial charge in [-0.05, 0) is 41.8 Å². The summed E-state index contributed by atoms with van der Waals surface area (Å²) in [6, 6.07) is 0.907. The van der Waals surface area contributed by atoms with Crippen LogP contribution in [0.2, 0.25) is 0 Å². The van der Waals surface area contributed by atoms with Crippen LogP contribution in [0.4, 0.5) is 0 Å². The molecular formula is C12H15BrN2O4S. The molecule has 0 unspecified atom stereocenters. The fourth-order valence-corrected chi connectivity index (χ4v) is 4.66. The van der Waals surface area contributed by atoms with Crippen molar-refractivity contribution in [2.75, 3.05) is 6.54 Å². The molecule has 1 aromatic rings. The maximum Gasteiger partial charge on any atom is 0.308 e. The maximum absolute atomic E-state index is 12.6. The Morgan fingerprint density at radius 3 is 2.80 bits per heavy atom. The first kappa shape index (κ1) is 15.4. The average molecular weight is 363 g/mol. The van der Waals surface area contributed by atoms with Crippen molar-refractivity contribution in [3.8, 4) is 0 Å². The molecule has 0 saturated carbocycles. The molecule has 1 saturated heterocycles. The zero-order chi connectivity index (χ0) is 14.9. The van der Waals surface area contributed by atoms with Gasteiger partial charge in [0.25, 0.3) is 0 Å². The van der Waals surface area contributed by atoms with Crippen LogP contribution in [0.1, 0.15) is 19.8 Å². The van der Waals surface area contributed by atoms with Crippen molar-refractivity contribution in [2.45, 2.75) is 30.7 Å². The van der Waals surface area contributed by atoms with Gasteiger partial charge in [0, 0.05) is 29.5 Å². The first-order valence-corrected chi connectivity index (χ1v) is 8.42. The van der Waals surface area contributed by atoms with Crippen LogP contribution >= 0.6 is 15.9 Å². The van der Waals surface area contributed by atoms with Crippen molar-refractivity contribution < 1.29 is 18.3 Å². The highest BCUT2D eigenvalue weighted by molar-refractivity contribution is 9.10. The second-order valence-corrected chi connectivity index (χ2v) is 7.59. The molecule has 2 rings (SSSR count). The molecule has 1 N–H and O–H groups in total. The number of pyridine rings is 1. The van der Waals surface area contributed by atoms with Gasteiger partial charge in [0.15, 0.2) is 0 Å². The van der Waals surface area contributed by atoms with Gasteiger partial charge in [0.1, 0.15) is 4.90 Å². The summed E-state index contributed by atoms with van der Waals surface area (Å²) in [5.74, 6) is -1.62.